The Labute approximate surface area is 78.7 Å². The minimum atomic E-state index is 0.448. The van der Waals surface area contributed by atoms with E-state index in [4.69, 9.17) is 0 Å². The zero-order chi connectivity index (χ0) is 9.26. The highest BCUT2D eigenvalue weighted by Crippen LogP contribution is 2.27. The fourth-order valence-electron chi connectivity index (χ4n) is 1.65. The summed E-state index contributed by atoms with van der Waals surface area (Å²) >= 11 is 0. The van der Waals surface area contributed by atoms with Gasteiger partial charge in [-0.25, -0.2) is 0 Å². The first-order valence-electron chi connectivity index (χ1n) is 4.56. The quantitative estimate of drug-likeness (QED) is 0.632. The number of para-hydroxylation sites is 2. The summed E-state index contributed by atoms with van der Waals surface area (Å²) in [4.78, 5) is 0. The Morgan fingerprint density at radius 2 is 2.00 bits per heavy atom. The Bertz CT molecular complexity index is 331. The fourth-order valence-corrected chi connectivity index (χ4v) is 1.65. The van der Waals surface area contributed by atoms with E-state index in [-0.39, 0.29) is 0 Å². The summed E-state index contributed by atoms with van der Waals surface area (Å²) in [6.07, 6.45) is 0.967. The summed E-state index contributed by atoms with van der Waals surface area (Å²) in [5.41, 5.74) is 3.36. The molecule has 68 valence electrons. The molecule has 1 aliphatic heterocycles. The normalized spacial score (nSPS) is 21.0. The van der Waals surface area contributed by atoms with E-state index in [9.17, 15) is 0 Å². The molecule has 13 heavy (non-hydrogen) atoms. The number of nitrogens with one attached hydrogen (secondary N) is 2. The summed E-state index contributed by atoms with van der Waals surface area (Å²) in [5.74, 6) is 0. The lowest BCUT2D eigenvalue weighted by Crippen LogP contribution is -2.13. The molecule has 0 spiro atoms. The molecule has 1 atom stereocenters. The van der Waals surface area contributed by atoms with Crippen molar-refractivity contribution in [2.45, 2.75) is 19.4 Å². The van der Waals surface area contributed by atoms with Crippen molar-refractivity contribution in [2.75, 3.05) is 10.6 Å². The highest BCUT2D eigenvalue weighted by atomic mass is 15.0. The standard InChI is InChI=1S/C11H14N2/c1-8-7-9(2)13-11-6-4-3-5-10(11)12-8/h3-6,9,12-13H,1,7H2,2H3/t9-/m1/s1. The minimum absolute atomic E-state index is 0.448. The molecule has 0 aromatic heterocycles. The number of benzene rings is 1. The second-order valence-corrected chi connectivity index (χ2v) is 3.52. The lowest BCUT2D eigenvalue weighted by Gasteiger charge is -2.11. The molecule has 2 N–H and O–H groups in total. The van der Waals surface area contributed by atoms with Gasteiger partial charge >= 0.3 is 0 Å². The van der Waals surface area contributed by atoms with Crippen LogP contribution in [0.25, 0.3) is 0 Å². The summed E-state index contributed by atoms with van der Waals surface area (Å²) in [6, 6.07) is 8.65. The van der Waals surface area contributed by atoms with E-state index in [1.807, 2.05) is 12.1 Å². The van der Waals surface area contributed by atoms with Gasteiger partial charge in [0.05, 0.1) is 11.4 Å². The highest BCUT2D eigenvalue weighted by molar-refractivity contribution is 5.71. The van der Waals surface area contributed by atoms with Crippen molar-refractivity contribution >= 4 is 11.4 Å². The molecule has 1 aromatic carbocycles. The van der Waals surface area contributed by atoms with Gasteiger partial charge in [0.15, 0.2) is 0 Å². The van der Waals surface area contributed by atoms with Gasteiger partial charge in [0, 0.05) is 18.2 Å². The number of hydrogen-bond donors (Lipinski definition) is 2. The predicted molar refractivity (Wildman–Crippen MR) is 56.9 cm³/mol. The van der Waals surface area contributed by atoms with Gasteiger partial charge in [-0.3, -0.25) is 0 Å². The molecule has 0 fully saturated rings. The summed E-state index contributed by atoms with van der Waals surface area (Å²) < 4.78 is 0. The van der Waals surface area contributed by atoms with Crippen molar-refractivity contribution in [3.05, 3.63) is 36.5 Å². The van der Waals surface area contributed by atoms with E-state index in [1.165, 1.54) is 0 Å². The van der Waals surface area contributed by atoms with Gasteiger partial charge in [0.2, 0.25) is 0 Å². The van der Waals surface area contributed by atoms with Gasteiger partial charge in [-0.1, -0.05) is 18.7 Å². The second kappa shape index (κ2) is 3.13. The SMILES string of the molecule is C=C1C[C@@H](C)Nc2ccccc2N1. The van der Waals surface area contributed by atoms with Gasteiger partial charge in [0.1, 0.15) is 0 Å². The third-order valence-electron chi connectivity index (χ3n) is 2.19. The maximum absolute atomic E-state index is 3.97. The monoisotopic (exact) mass is 174 g/mol. The Balaban J connectivity index is 2.38. The zero-order valence-corrected chi connectivity index (χ0v) is 7.80. The maximum atomic E-state index is 3.97. The maximum Gasteiger partial charge on any atom is 0.0617 e. The summed E-state index contributed by atoms with van der Waals surface area (Å²) in [6.45, 7) is 6.13. The molecule has 2 nitrogen and oxygen atoms in total. The molecule has 1 aliphatic rings. The molecule has 0 radical (unpaired) electrons. The molecule has 0 unspecified atom stereocenters. The molecule has 2 rings (SSSR count). The van der Waals surface area contributed by atoms with Crippen LogP contribution in [0.1, 0.15) is 13.3 Å². The first-order chi connectivity index (χ1) is 6.25. The van der Waals surface area contributed by atoms with Crippen LogP contribution in [-0.2, 0) is 0 Å². The fraction of sp³-hybridized carbons (Fsp3) is 0.273. The van der Waals surface area contributed by atoms with Crippen LogP contribution in [0.2, 0.25) is 0 Å². The Morgan fingerprint density at radius 3 is 2.77 bits per heavy atom. The Morgan fingerprint density at radius 1 is 1.31 bits per heavy atom. The number of anilines is 2. The third-order valence-corrected chi connectivity index (χ3v) is 2.19. The van der Waals surface area contributed by atoms with E-state index in [0.717, 1.165) is 23.5 Å². The van der Waals surface area contributed by atoms with Crippen molar-refractivity contribution in [2.24, 2.45) is 0 Å². The van der Waals surface area contributed by atoms with Crippen LogP contribution in [0.15, 0.2) is 36.5 Å². The van der Waals surface area contributed by atoms with Crippen molar-refractivity contribution in [1.29, 1.82) is 0 Å². The first kappa shape index (κ1) is 8.17. The van der Waals surface area contributed by atoms with Crippen LogP contribution in [0, 0.1) is 0 Å². The lowest BCUT2D eigenvalue weighted by atomic mass is 10.2. The molecule has 0 aliphatic carbocycles. The van der Waals surface area contributed by atoms with Crippen LogP contribution < -0.4 is 10.6 Å². The molecule has 0 saturated heterocycles. The molecule has 0 amide bonds. The van der Waals surface area contributed by atoms with E-state index >= 15 is 0 Å². The zero-order valence-electron chi connectivity index (χ0n) is 7.80. The van der Waals surface area contributed by atoms with Gasteiger partial charge in [-0.2, -0.15) is 0 Å². The summed E-state index contributed by atoms with van der Waals surface area (Å²) in [5, 5.41) is 6.73. The van der Waals surface area contributed by atoms with Crippen molar-refractivity contribution in [3.63, 3.8) is 0 Å². The van der Waals surface area contributed by atoms with E-state index < -0.39 is 0 Å². The molecule has 1 heterocycles. The van der Waals surface area contributed by atoms with Crippen LogP contribution in [0.3, 0.4) is 0 Å². The van der Waals surface area contributed by atoms with Crippen LogP contribution in [0.5, 0.6) is 0 Å². The average molecular weight is 174 g/mol. The molecule has 0 saturated carbocycles. The first-order valence-corrected chi connectivity index (χ1v) is 4.56. The van der Waals surface area contributed by atoms with Crippen LogP contribution in [-0.4, -0.2) is 6.04 Å². The topological polar surface area (TPSA) is 24.1 Å². The largest absolute Gasteiger partial charge is 0.381 e. The third kappa shape index (κ3) is 1.66. The molecule has 2 heteroatoms. The summed E-state index contributed by atoms with van der Waals surface area (Å²) in [7, 11) is 0. The second-order valence-electron chi connectivity index (χ2n) is 3.52. The highest BCUT2D eigenvalue weighted by Gasteiger charge is 2.12. The van der Waals surface area contributed by atoms with Crippen molar-refractivity contribution in [1.82, 2.24) is 0 Å². The molecule has 0 bridgehead atoms. The lowest BCUT2D eigenvalue weighted by molar-refractivity contribution is 0.796. The molecular formula is C11H14N2. The van der Waals surface area contributed by atoms with Crippen molar-refractivity contribution in [3.8, 4) is 0 Å². The Kier molecular flexibility index (Phi) is 1.97. The van der Waals surface area contributed by atoms with E-state index in [2.05, 4.69) is 36.3 Å². The van der Waals surface area contributed by atoms with Crippen LogP contribution >= 0.6 is 0 Å². The smallest absolute Gasteiger partial charge is 0.0617 e. The number of fused-ring (bicyclic) bond motifs is 1. The van der Waals surface area contributed by atoms with Gasteiger partial charge < -0.3 is 10.6 Å². The molecular weight excluding hydrogens is 160 g/mol. The number of rotatable bonds is 0. The number of hydrogen-bond acceptors (Lipinski definition) is 2. The van der Waals surface area contributed by atoms with Gasteiger partial charge in [-0.05, 0) is 19.1 Å². The Hall–Kier alpha value is -1.44. The van der Waals surface area contributed by atoms with Gasteiger partial charge in [-0.15, -0.1) is 0 Å². The van der Waals surface area contributed by atoms with Crippen molar-refractivity contribution < 1.29 is 0 Å². The average Bonchev–Trinajstić information content (AvgIpc) is 2.20. The minimum Gasteiger partial charge on any atom is -0.381 e. The van der Waals surface area contributed by atoms with E-state index in [0.29, 0.717) is 6.04 Å². The van der Waals surface area contributed by atoms with Gasteiger partial charge in [0.25, 0.3) is 0 Å². The molecule has 1 aromatic rings. The predicted octanol–water partition coefficient (Wildman–Crippen LogP) is 2.82. The van der Waals surface area contributed by atoms with Crippen LogP contribution in [0.4, 0.5) is 11.4 Å². The van der Waals surface area contributed by atoms with E-state index in [1.54, 1.807) is 0 Å².